The second-order valence-corrected chi connectivity index (χ2v) is 7.42. The standard InChI is InChI=1S/C23H30N4O.HI/c1-26(2)23(24-17-19-9-5-3-6-10-19)25-18-20-11-13-21(14-12-20)22(28)27-15-7-4-8-16-27;/h3,5-6,9-14H,4,7-8,15-18H2,1-2H3,(H,24,25);1H. The Morgan fingerprint density at radius 2 is 1.62 bits per heavy atom. The van der Waals surface area contributed by atoms with Gasteiger partial charge in [-0.25, -0.2) is 4.99 Å². The highest BCUT2D eigenvalue weighted by atomic mass is 127. The average Bonchev–Trinajstić information content (AvgIpc) is 2.75. The van der Waals surface area contributed by atoms with E-state index in [4.69, 9.17) is 0 Å². The van der Waals surface area contributed by atoms with Crippen LogP contribution in [0.15, 0.2) is 59.6 Å². The minimum atomic E-state index is 0. The molecule has 0 aromatic heterocycles. The Balaban J connectivity index is 0.00000300. The quantitative estimate of drug-likeness (QED) is 0.377. The van der Waals surface area contributed by atoms with Crippen LogP contribution in [0.3, 0.4) is 0 Å². The molecule has 0 aliphatic carbocycles. The van der Waals surface area contributed by atoms with E-state index in [1.165, 1.54) is 12.0 Å². The number of nitrogens with one attached hydrogen (secondary N) is 1. The molecule has 0 bridgehead atoms. The third-order valence-electron chi connectivity index (χ3n) is 4.97. The van der Waals surface area contributed by atoms with Crippen molar-refractivity contribution >= 4 is 35.8 Å². The summed E-state index contributed by atoms with van der Waals surface area (Å²) in [5.41, 5.74) is 3.09. The molecular formula is C23H31IN4O. The van der Waals surface area contributed by atoms with Crippen molar-refractivity contribution < 1.29 is 4.79 Å². The van der Waals surface area contributed by atoms with E-state index in [9.17, 15) is 4.79 Å². The summed E-state index contributed by atoms with van der Waals surface area (Å²) in [5, 5.41) is 3.40. The smallest absolute Gasteiger partial charge is 0.253 e. The molecule has 1 N–H and O–H groups in total. The number of rotatable bonds is 5. The maximum absolute atomic E-state index is 12.6. The summed E-state index contributed by atoms with van der Waals surface area (Å²) < 4.78 is 0. The highest BCUT2D eigenvalue weighted by Gasteiger charge is 2.17. The maximum Gasteiger partial charge on any atom is 0.253 e. The SMILES string of the molecule is CN(C)C(=NCc1ccccc1)NCc1ccc(C(=O)N2CCCCC2)cc1.I. The lowest BCUT2D eigenvalue weighted by Crippen LogP contribution is -2.36. The lowest BCUT2D eigenvalue weighted by atomic mass is 10.1. The first-order valence-electron chi connectivity index (χ1n) is 10.0. The molecule has 0 atom stereocenters. The van der Waals surface area contributed by atoms with Gasteiger partial charge in [0.1, 0.15) is 0 Å². The summed E-state index contributed by atoms with van der Waals surface area (Å²) in [6.45, 7) is 3.08. The number of aliphatic imine (C=N–C) groups is 1. The minimum absolute atomic E-state index is 0. The summed E-state index contributed by atoms with van der Waals surface area (Å²) in [5.74, 6) is 0.995. The maximum atomic E-state index is 12.6. The van der Waals surface area contributed by atoms with Gasteiger partial charge in [0.25, 0.3) is 5.91 Å². The van der Waals surface area contributed by atoms with Gasteiger partial charge in [-0.3, -0.25) is 4.79 Å². The highest BCUT2D eigenvalue weighted by molar-refractivity contribution is 14.0. The van der Waals surface area contributed by atoms with Crippen molar-refractivity contribution in [3.8, 4) is 0 Å². The van der Waals surface area contributed by atoms with Gasteiger partial charge < -0.3 is 15.1 Å². The molecule has 1 heterocycles. The molecule has 5 nitrogen and oxygen atoms in total. The van der Waals surface area contributed by atoms with Crippen LogP contribution in [-0.4, -0.2) is 48.9 Å². The Morgan fingerprint density at radius 1 is 0.966 bits per heavy atom. The fourth-order valence-electron chi connectivity index (χ4n) is 3.33. The number of carbonyl (C=O) groups is 1. The van der Waals surface area contributed by atoms with Crippen LogP contribution in [0.2, 0.25) is 0 Å². The largest absolute Gasteiger partial charge is 0.352 e. The van der Waals surface area contributed by atoms with Crippen LogP contribution in [0.5, 0.6) is 0 Å². The summed E-state index contributed by atoms with van der Waals surface area (Å²) in [7, 11) is 3.97. The van der Waals surface area contributed by atoms with Crippen molar-refractivity contribution in [1.29, 1.82) is 0 Å². The monoisotopic (exact) mass is 506 g/mol. The number of guanidine groups is 1. The van der Waals surface area contributed by atoms with E-state index in [2.05, 4.69) is 22.4 Å². The fraction of sp³-hybridized carbons (Fsp3) is 0.391. The van der Waals surface area contributed by atoms with Crippen molar-refractivity contribution in [2.75, 3.05) is 27.2 Å². The number of carbonyl (C=O) groups excluding carboxylic acids is 1. The summed E-state index contributed by atoms with van der Waals surface area (Å²) in [6, 6.07) is 18.1. The van der Waals surface area contributed by atoms with Crippen molar-refractivity contribution in [3.63, 3.8) is 0 Å². The minimum Gasteiger partial charge on any atom is -0.352 e. The molecule has 1 aliphatic rings. The number of hydrogen-bond acceptors (Lipinski definition) is 2. The van der Waals surface area contributed by atoms with Gasteiger partial charge in [-0.2, -0.15) is 0 Å². The van der Waals surface area contributed by atoms with E-state index in [0.29, 0.717) is 13.1 Å². The third kappa shape index (κ3) is 7.03. The van der Waals surface area contributed by atoms with Crippen molar-refractivity contribution in [3.05, 3.63) is 71.3 Å². The Bertz CT molecular complexity index is 784. The van der Waals surface area contributed by atoms with Gasteiger partial charge in [0.05, 0.1) is 6.54 Å². The molecule has 6 heteroatoms. The lowest BCUT2D eigenvalue weighted by molar-refractivity contribution is 0.0724. The van der Waals surface area contributed by atoms with Gasteiger partial charge in [-0.1, -0.05) is 42.5 Å². The second kappa shape index (κ2) is 11.8. The zero-order chi connectivity index (χ0) is 19.8. The van der Waals surface area contributed by atoms with Crippen molar-refractivity contribution in [2.24, 2.45) is 4.99 Å². The molecular weight excluding hydrogens is 475 g/mol. The van der Waals surface area contributed by atoms with Crippen LogP contribution in [0, 0.1) is 0 Å². The van der Waals surface area contributed by atoms with Crippen molar-refractivity contribution in [2.45, 2.75) is 32.4 Å². The molecule has 0 saturated carbocycles. The first kappa shape index (κ1) is 23.2. The number of halogens is 1. The highest BCUT2D eigenvalue weighted by Crippen LogP contribution is 2.14. The molecule has 0 spiro atoms. The summed E-state index contributed by atoms with van der Waals surface area (Å²) in [6.07, 6.45) is 3.46. The van der Waals surface area contributed by atoms with Crippen LogP contribution in [0.25, 0.3) is 0 Å². The number of likely N-dealkylation sites (tertiary alicyclic amines) is 1. The molecule has 1 aliphatic heterocycles. The molecule has 3 rings (SSSR count). The number of piperidine rings is 1. The normalized spacial score (nSPS) is 14.1. The van der Waals surface area contributed by atoms with E-state index in [1.807, 2.05) is 66.4 Å². The Morgan fingerprint density at radius 3 is 2.24 bits per heavy atom. The predicted octanol–water partition coefficient (Wildman–Crippen LogP) is 4.14. The third-order valence-corrected chi connectivity index (χ3v) is 4.97. The predicted molar refractivity (Wildman–Crippen MR) is 130 cm³/mol. The number of nitrogens with zero attached hydrogens (tertiary/aromatic N) is 3. The van der Waals surface area contributed by atoms with Gasteiger partial charge in [0.2, 0.25) is 0 Å². The number of benzene rings is 2. The average molecular weight is 506 g/mol. The van der Waals surface area contributed by atoms with E-state index in [-0.39, 0.29) is 29.9 Å². The van der Waals surface area contributed by atoms with Crippen LogP contribution >= 0.6 is 24.0 Å². The molecule has 0 unspecified atom stereocenters. The lowest BCUT2D eigenvalue weighted by Gasteiger charge is -2.26. The first-order valence-corrected chi connectivity index (χ1v) is 10.0. The van der Waals surface area contributed by atoms with E-state index < -0.39 is 0 Å². The van der Waals surface area contributed by atoms with E-state index >= 15 is 0 Å². The Labute approximate surface area is 191 Å². The van der Waals surface area contributed by atoms with Crippen LogP contribution in [-0.2, 0) is 13.1 Å². The van der Waals surface area contributed by atoms with Gasteiger partial charge in [-0.05, 0) is 42.5 Å². The molecule has 1 amide bonds. The van der Waals surface area contributed by atoms with Crippen LogP contribution in [0.4, 0.5) is 0 Å². The van der Waals surface area contributed by atoms with Gasteiger partial charge in [-0.15, -0.1) is 24.0 Å². The molecule has 29 heavy (non-hydrogen) atoms. The van der Waals surface area contributed by atoms with Gasteiger partial charge in [0.15, 0.2) is 5.96 Å². The molecule has 156 valence electrons. The molecule has 2 aromatic carbocycles. The fourth-order valence-corrected chi connectivity index (χ4v) is 3.33. The number of hydrogen-bond donors (Lipinski definition) is 1. The topological polar surface area (TPSA) is 47.9 Å². The van der Waals surface area contributed by atoms with Crippen LogP contribution < -0.4 is 5.32 Å². The molecule has 1 saturated heterocycles. The first-order chi connectivity index (χ1) is 13.6. The van der Waals surface area contributed by atoms with Gasteiger partial charge >= 0.3 is 0 Å². The molecule has 0 radical (unpaired) electrons. The van der Waals surface area contributed by atoms with Gasteiger partial charge in [0, 0.05) is 39.3 Å². The number of amides is 1. The zero-order valence-electron chi connectivity index (χ0n) is 17.3. The zero-order valence-corrected chi connectivity index (χ0v) is 19.6. The Kier molecular flexibility index (Phi) is 9.44. The molecule has 2 aromatic rings. The van der Waals surface area contributed by atoms with E-state index in [1.54, 1.807) is 0 Å². The van der Waals surface area contributed by atoms with Crippen LogP contribution in [0.1, 0.15) is 40.7 Å². The molecule has 1 fully saturated rings. The summed E-state index contributed by atoms with van der Waals surface area (Å²) in [4.78, 5) is 21.2. The summed E-state index contributed by atoms with van der Waals surface area (Å²) >= 11 is 0. The second-order valence-electron chi connectivity index (χ2n) is 7.42. The van der Waals surface area contributed by atoms with Crippen molar-refractivity contribution in [1.82, 2.24) is 15.1 Å². The Hall–Kier alpha value is -2.09. The van der Waals surface area contributed by atoms with E-state index in [0.717, 1.165) is 43.0 Å².